The number of methoxy groups -OCH3 is 1. The second-order valence-electron chi connectivity index (χ2n) is 3.33. The van der Waals surface area contributed by atoms with Crippen molar-refractivity contribution in [2.75, 3.05) is 7.11 Å². The summed E-state index contributed by atoms with van der Waals surface area (Å²) in [6, 6.07) is -1.23. The average molecular weight is 217 g/mol. The van der Waals surface area contributed by atoms with E-state index in [0.717, 1.165) is 7.11 Å². The average Bonchev–Trinajstić information content (AvgIpc) is 2.15. The van der Waals surface area contributed by atoms with Crippen LogP contribution in [0.15, 0.2) is 0 Å². The van der Waals surface area contributed by atoms with E-state index >= 15 is 0 Å². The van der Waals surface area contributed by atoms with Crippen molar-refractivity contribution in [2.45, 2.75) is 26.3 Å². The molecule has 0 saturated carbocycles. The third kappa shape index (κ3) is 4.99. The number of esters is 1. The molecule has 0 aliphatic heterocycles. The summed E-state index contributed by atoms with van der Waals surface area (Å²) in [6.45, 7) is 3.26. The summed E-state index contributed by atoms with van der Waals surface area (Å²) in [7, 11) is 1.16. The van der Waals surface area contributed by atoms with Crippen molar-refractivity contribution < 1.29 is 24.2 Å². The molecule has 1 amide bonds. The number of hydrogen-bond acceptors (Lipinski definition) is 4. The van der Waals surface area contributed by atoms with Gasteiger partial charge in [0.1, 0.15) is 6.04 Å². The van der Waals surface area contributed by atoms with E-state index in [4.69, 9.17) is 5.11 Å². The van der Waals surface area contributed by atoms with Gasteiger partial charge in [0.05, 0.1) is 13.5 Å². The fourth-order valence-corrected chi connectivity index (χ4v) is 0.788. The fraction of sp³-hybridized carbons (Fsp3) is 0.667. The maximum absolute atomic E-state index is 11.2. The second-order valence-corrected chi connectivity index (χ2v) is 3.33. The summed E-state index contributed by atoms with van der Waals surface area (Å²) in [5.74, 6) is -2.67. The van der Waals surface area contributed by atoms with Gasteiger partial charge in [0.25, 0.3) is 0 Å². The van der Waals surface area contributed by atoms with Crippen LogP contribution in [-0.4, -0.2) is 36.1 Å². The molecule has 0 heterocycles. The van der Waals surface area contributed by atoms with E-state index in [-0.39, 0.29) is 12.3 Å². The Morgan fingerprint density at radius 1 is 1.33 bits per heavy atom. The molecule has 2 N–H and O–H groups in total. The summed E-state index contributed by atoms with van der Waals surface area (Å²) < 4.78 is 4.32. The van der Waals surface area contributed by atoms with Crippen LogP contribution in [0.3, 0.4) is 0 Å². The van der Waals surface area contributed by atoms with Gasteiger partial charge in [0.15, 0.2) is 0 Å². The van der Waals surface area contributed by atoms with Crippen LogP contribution >= 0.6 is 0 Å². The minimum Gasteiger partial charge on any atom is -0.480 e. The Hall–Kier alpha value is -1.59. The minimum absolute atomic E-state index is 0.329. The highest BCUT2D eigenvalue weighted by Gasteiger charge is 2.24. The predicted molar refractivity (Wildman–Crippen MR) is 51.0 cm³/mol. The van der Waals surface area contributed by atoms with E-state index in [9.17, 15) is 14.4 Å². The number of carbonyl (C=O) groups excluding carboxylic acids is 2. The van der Waals surface area contributed by atoms with E-state index in [1.54, 1.807) is 13.8 Å². The Morgan fingerprint density at radius 2 is 1.87 bits per heavy atom. The molecule has 0 aromatic heterocycles. The number of amides is 1. The first kappa shape index (κ1) is 13.4. The largest absolute Gasteiger partial charge is 0.480 e. The van der Waals surface area contributed by atoms with Crippen molar-refractivity contribution in [1.29, 1.82) is 0 Å². The lowest BCUT2D eigenvalue weighted by atomic mass is 10.1. The number of rotatable bonds is 5. The number of ether oxygens (including phenoxy) is 1. The van der Waals surface area contributed by atoms with Crippen LogP contribution in [-0.2, 0) is 19.1 Å². The zero-order valence-electron chi connectivity index (χ0n) is 8.94. The van der Waals surface area contributed by atoms with Crippen molar-refractivity contribution in [1.82, 2.24) is 5.32 Å². The van der Waals surface area contributed by atoms with Gasteiger partial charge in [-0.05, 0) is 0 Å². The van der Waals surface area contributed by atoms with Crippen LogP contribution in [0.4, 0.5) is 0 Å². The molecule has 0 fully saturated rings. The first-order valence-electron chi connectivity index (χ1n) is 4.48. The lowest BCUT2D eigenvalue weighted by Crippen LogP contribution is -2.44. The van der Waals surface area contributed by atoms with E-state index in [1.807, 2.05) is 0 Å². The second kappa shape index (κ2) is 6.00. The van der Waals surface area contributed by atoms with Gasteiger partial charge in [0.2, 0.25) is 5.91 Å². The van der Waals surface area contributed by atoms with Crippen LogP contribution < -0.4 is 5.32 Å². The first-order chi connectivity index (χ1) is 6.88. The highest BCUT2D eigenvalue weighted by Crippen LogP contribution is 1.98. The Morgan fingerprint density at radius 3 is 2.20 bits per heavy atom. The molecule has 6 heteroatoms. The molecule has 86 valence electrons. The van der Waals surface area contributed by atoms with Gasteiger partial charge in [0, 0.05) is 5.92 Å². The SMILES string of the molecule is COC(=O)C[C@H](NC(=O)C(C)C)C(=O)O. The number of carboxylic acids is 1. The van der Waals surface area contributed by atoms with Gasteiger partial charge in [-0.1, -0.05) is 13.8 Å². The Bertz CT molecular complexity index is 261. The molecular weight excluding hydrogens is 202 g/mol. The van der Waals surface area contributed by atoms with Crippen LogP contribution in [0.1, 0.15) is 20.3 Å². The molecule has 15 heavy (non-hydrogen) atoms. The summed E-state index contributed by atoms with van der Waals surface area (Å²) in [5, 5.41) is 11.0. The van der Waals surface area contributed by atoms with Gasteiger partial charge in [-0.15, -0.1) is 0 Å². The van der Waals surface area contributed by atoms with Gasteiger partial charge in [-0.3, -0.25) is 9.59 Å². The van der Waals surface area contributed by atoms with Crippen molar-refractivity contribution in [3.8, 4) is 0 Å². The highest BCUT2D eigenvalue weighted by molar-refractivity contribution is 5.87. The van der Waals surface area contributed by atoms with E-state index in [2.05, 4.69) is 10.1 Å². The van der Waals surface area contributed by atoms with Crippen molar-refractivity contribution in [3.63, 3.8) is 0 Å². The molecule has 0 aromatic rings. The highest BCUT2D eigenvalue weighted by atomic mass is 16.5. The molecule has 0 aliphatic carbocycles. The summed E-state index contributed by atoms with van der Waals surface area (Å²) in [4.78, 5) is 32.7. The Labute approximate surface area is 87.6 Å². The number of carbonyl (C=O) groups is 3. The number of aliphatic carboxylic acids is 1. The monoisotopic (exact) mass is 217 g/mol. The molecular formula is C9H15NO5. The van der Waals surface area contributed by atoms with Gasteiger partial charge >= 0.3 is 11.9 Å². The summed E-state index contributed by atoms with van der Waals surface area (Å²) in [5.41, 5.74) is 0. The van der Waals surface area contributed by atoms with Gasteiger partial charge in [-0.2, -0.15) is 0 Å². The van der Waals surface area contributed by atoms with E-state index in [0.29, 0.717) is 0 Å². The molecule has 0 rings (SSSR count). The van der Waals surface area contributed by atoms with E-state index in [1.165, 1.54) is 0 Å². The third-order valence-corrected chi connectivity index (χ3v) is 1.74. The molecule has 0 bridgehead atoms. The fourth-order valence-electron chi connectivity index (χ4n) is 0.788. The number of nitrogens with one attached hydrogen (secondary N) is 1. The van der Waals surface area contributed by atoms with Crippen molar-refractivity contribution in [2.24, 2.45) is 5.92 Å². The third-order valence-electron chi connectivity index (χ3n) is 1.74. The zero-order valence-corrected chi connectivity index (χ0v) is 8.94. The molecule has 0 aliphatic rings. The first-order valence-corrected chi connectivity index (χ1v) is 4.48. The standard InChI is InChI=1S/C9H15NO5/c1-5(2)8(12)10-6(9(13)14)4-7(11)15-3/h5-6H,4H2,1-3H3,(H,10,12)(H,13,14)/t6-/m0/s1. The quantitative estimate of drug-likeness (QED) is 0.621. The van der Waals surface area contributed by atoms with Gasteiger partial charge in [-0.25, -0.2) is 4.79 Å². The topological polar surface area (TPSA) is 92.7 Å². The van der Waals surface area contributed by atoms with E-state index < -0.39 is 23.9 Å². The minimum atomic E-state index is -1.26. The molecule has 0 aromatic carbocycles. The smallest absolute Gasteiger partial charge is 0.326 e. The molecule has 1 atom stereocenters. The molecule has 0 spiro atoms. The van der Waals surface area contributed by atoms with Crippen LogP contribution in [0.2, 0.25) is 0 Å². The number of carboxylic acid groups (broad SMARTS) is 1. The Balaban J connectivity index is 4.35. The predicted octanol–water partition coefficient (Wildman–Crippen LogP) is -0.225. The summed E-state index contributed by atoms with van der Waals surface area (Å²) in [6.07, 6.45) is -0.371. The maximum Gasteiger partial charge on any atom is 0.326 e. The lowest BCUT2D eigenvalue weighted by molar-refractivity contribution is -0.149. The van der Waals surface area contributed by atoms with Gasteiger partial charge < -0.3 is 15.2 Å². The Kier molecular flexibility index (Phi) is 5.36. The lowest BCUT2D eigenvalue weighted by Gasteiger charge is -2.14. The molecule has 0 radical (unpaired) electrons. The van der Waals surface area contributed by atoms with Crippen LogP contribution in [0, 0.1) is 5.92 Å². The molecule has 0 saturated heterocycles. The molecule has 6 nitrogen and oxygen atoms in total. The maximum atomic E-state index is 11.2. The van der Waals surface area contributed by atoms with Crippen molar-refractivity contribution >= 4 is 17.8 Å². The summed E-state index contributed by atoms with van der Waals surface area (Å²) >= 11 is 0. The molecule has 0 unspecified atom stereocenters. The number of hydrogen-bond donors (Lipinski definition) is 2. The van der Waals surface area contributed by atoms with Crippen molar-refractivity contribution in [3.05, 3.63) is 0 Å². The van der Waals surface area contributed by atoms with Crippen LogP contribution in [0.25, 0.3) is 0 Å². The van der Waals surface area contributed by atoms with Crippen LogP contribution in [0.5, 0.6) is 0 Å². The normalized spacial score (nSPS) is 12.0. The zero-order chi connectivity index (χ0) is 12.0.